The van der Waals surface area contributed by atoms with E-state index in [-0.39, 0.29) is 5.78 Å². The zero-order chi connectivity index (χ0) is 11.0. The molecule has 1 aromatic heterocycles. The number of benzene rings is 1. The molecule has 0 spiro atoms. The normalized spacial score (nSPS) is 10.6. The zero-order valence-electron chi connectivity index (χ0n) is 8.33. The van der Waals surface area contributed by atoms with E-state index in [0.717, 1.165) is 5.39 Å². The summed E-state index contributed by atoms with van der Waals surface area (Å²) in [5, 5.41) is 0.882. The van der Waals surface area contributed by atoms with Crippen LogP contribution >= 0.6 is 15.9 Å². The van der Waals surface area contributed by atoms with Gasteiger partial charge in [-0.05, 0) is 35.0 Å². The highest BCUT2D eigenvalue weighted by Crippen LogP contribution is 2.37. The van der Waals surface area contributed by atoms with Gasteiger partial charge in [0.05, 0.1) is 18.9 Å². The number of ketones is 1. The highest BCUT2D eigenvalue weighted by atomic mass is 79.9. The molecule has 0 saturated heterocycles. The second kappa shape index (κ2) is 3.70. The lowest BCUT2D eigenvalue weighted by atomic mass is 10.1. The molecule has 0 aliphatic heterocycles. The fourth-order valence-corrected chi connectivity index (χ4v) is 2.21. The number of fused-ring (bicyclic) bond motifs is 1. The number of halogens is 1. The van der Waals surface area contributed by atoms with Crippen LogP contribution < -0.4 is 4.74 Å². The van der Waals surface area contributed by atoms with Crippen LogP contribution in [0.15, 0.2) is 27.3 Å². The Kier molecular flexibility index (Phi) is 2.52. The van der Waals surface area contributed by atoms with Gasteiger partial charge >= 0.3 is 0 Å². The molecule has 0 atom stereocenters. The minimum absolute atomic E-state index is 0.0318. The van der Waals surface area contributed by atoms with Crippen molar-refractivity contribution in [1.29, 1.82) is 0 Å². The third-order valence-corrected chi connectivity index (χ3v) is 2.94. The average Bonchev–Trinajstić information content (AvgIpc) is 2.65. The molecule has 0 radical (unpaired) electrons. The summed E-state index contributed by atoms with van der Waals surface area (Å²) in [6, 6.07) is 3.58. The smallest absolute Gasteiger partial charge is 0.163 e. The predicted molar refractivity (Wildman–Crippen MR) is 60.5 cm³/mol. The summed E-state index contributed by atoms with van der Waals surface area (Å²) in [7, 11) is 1.53. The van der Waals surface area contributed by atoms with Crippen LogP contribution in [0.25, 0.3) is 11.0 Å². The maximum atomic E-state index is 11.4. The van der Waals surface area contributed by atoms with E-state index in [1.807, 2.05) is 6.07 Å². The monoisotopic (exact) mass is 268 g/mol. The second-order valence-corrected chi connectivity index (χ2v) is 3.96. The Bertz CT molecular complexity index is 528. The van der Waals surface area contributed by atoms with Crippen molar-refractivity contribution in [1.82, 2.24) is 0 Å². The Labute approximate surface area is 95.1 Å². The van der Waals surface area contributed by atoms with E-state index in [4.69, 9.17) is 9.15 Å². The van der Waals surface area contributed by atoms with Crippen molar-refractivity contribution in [2.24, 2.45) is 0 Å². The summed E-state index contributed by atoms with van der Waals surface area (Å²) in [5.74, 6) is 0.487. The van der Waals surface area contributed by atoms with E-state index in [9.17, 15) is 4.79 Å². The quantitative estimate of drug-likeness (QED) is 0.784. The molecule has 0 aliphatic carbocycles. The molecule has 0 aliphatic rings. The van der Waals surface area contributed by atoms with Gasteiger partial charge in [-0.2, -0.15) is 0 Å². The molecule has 1 aromatic carbocycles. The van der Waals surface area contributed by atoms with E-state index >= 15 is 0 Å². The molecule has 2 aromatic rings. The van der Waals surface area contributed by atoms with Gasteiger partial charge in [0, 0.05) is 5.39 Å². The number of hydrogen-bond donors (Lipinski definition) is 0. The van der Waals surface area contributed by atoms with Crippen molar-refractivity contribution in [2.75, 3.05) is 7.11 Å². The average molecular weight is 269 g/mol. The zero-order valence-corrected chi connectivity index (χ0v) is 9.92. The number of carbonyl (C=O) groups excluding carboxylic acids is 1. The van der Waals surface area contributed by atoms with Gasteiger partial charge in [0.15, 0.2) is 11.4 Å². The van der Waals surface area contributed by atoms with Crippen molar-refractivity contribution in [3.05, 3.63) is 28.4 Å². The van der Waals surface area contributed by atoms with Crippen molar-refractivity contribution in [3.8, 4) is 5.75 Å². The predicted octanol–water partition coefficient (Wildman–Crippen LogP) is 3.41. The second-order valence-electron chi connectivity index (χ2n) is 3.17. The summed E-state index contributed by atoms with van der Waals surface area (Å²) in [6.45, 7) is 1.51. The maximum Gasteiger partial charge on any atom is 0.163 e. The fraction of sp³-hybridized carbons (Fsp3) is 0.182. The molecule has 0 amide bonds. The van der Waals surface area contributed by atoms with Crippen LogP contribution in [0.4, 0.5) is 0 Å². The van der Waals surface area contributed by atoms with E-state index in [1.165, 1.54) is 14.0 Å². The van der Waals surface area contributed by atoms with Crippen LogP contribution in [0.5, 0.6) is 5.75 Å². The number of rotatable bonds is 2. The number of furan rings is 1. The molecule has 3 nitrogen and oxygen atoms in total. The lowest BCUT2D eigenvalue weighted by Gasteiger charge is -2.08. The topological polar surface area (TPSA) is 39.4 Å². The van der Waals surface area contributed by atoms with Crippen molar-refractivity contribution >= 4 is 32.7 Å². The highest BCUT2D eigenvalue weighted by Gasteiger charge is 2.16. The molecular weight excluding hydrogens is 260 g/mol. The van der Waals surface area contributed by atoms with Gasteiger partial charge in [0.25, 0.3) is 0 Å². The molecule has 4 heteroatoms. The van der Waals surface area contributed by atoms with E-state index in [0.29, 0.717) is 21.4 Å². The Hall–Kier alpha value is -1.29. The minimum atomic E-state index is -0.0318. The molecule has 1 heterocycles. The third-order valence-electron chi connectivity index (χ3n) is 2.22. The summed E-state index contributed by atoms with van der Waals surface area (Å²) in [4.78, 5) is 11.4. The Morgan fingerprint density at radius 3 is 2.87 bits per heavy atom. The molecule has 78 valence electrons. The standard InChI is InChI=1S/C11H9BrO3/c1-6(13)8-5-7-3-4-15-10(7)9(12)11(8)14-2/h3-5H,1-2H3. The number of methoxy groups -OCH3 is 1. The molecule has 0 unspecified atom stereocenters. The number of hydrogen-bond acceptors (Lipinski definition) is 3. The van der Waals surface area contributed by atoms with Crippen LogP contribution in [-0.4, -0.2) is 12.9 Å². The van der Waals surface area contributed by atoms with E-state index < -0.39 is 0 Å². The van der Waals surface area contributed by atoms with Gasteiger partial charge in [-0.3, -0.25) is 4.79 Å². The highest BCUT2D eigenvalue weighted by molar-refractivity contribution is 9.10. The Morgan fingerprint density at radius 1 is 1.53 bits per heavy atom. The first-order chi connectivity index (χ1) is 7.15. The Morgan fingerprint density at radius 2 is 2.27 bits per heavy atom. The van der Waals surface area contributed by atoms with Gasteiger partial charge in [0.1, 0.15) is 10.2 Å². The van der Waals surface area contributed by atoms with Gasteiger partial charge in [0.2, 0.25) is 0 Å². The van der Waals surface area contributed by atoms with E-state index in [1.54, 1.807) is 12.3 Å². The number of carbonyl (C=O) groups is 1. The van der Waals surface area contributed by atoms with Crippen LogP contribution in [-0.2, 0) is 0 Å². The Balaban J connectivity index is 2.84. The van der Waals surface area contributed by atoms with Crippen molar-refractivity contribution in [2.45, 2.75) is 6.92 Å². The SMILES string of the molecule is COc1c(C(C)=O)cc2ccoc2c1Br. The molecule has 0 N–H and O–H groups in total. The van der Waals surface area contributed by atoms with Gasteiger partial charge in [-0.1, -0.05) is 0 Å². The van der Waals surface area contributed by atoms with Crippen molar-refractivity contribution < 1.29 is 13.9 Å². The first-order valence-corrected chi connectivity index (χ1v) is 5.19. The molecule has 0 fully saturated rings. The first-order valence-electron chi connectivity index (χ1n) is 4.39. The fourth-order valence-electron chi connectivity index (χ4n) is 1.51. The van der Waals surface area contributed by atoms with Crippen LogP contribution in [0, 0.1) is 0 Å². The summed E-state index contributed by atoms with van der Waals surface area (Å²) in [5.41, 5.74) is 1.25. The van der Waals surface area contributed by atoms with Crippen LogP contribution in [0.3, 0.4) is 0 Å². The largest absolute Gasteiger partial charge is 0.495 e. The summed E-state index contributed by atoms with van der Waals surface area (Å²) >= 11 is 3.37. The van der Waals surface area contributed by atoms with Gasteiger partial charge in [-0.25, -0.2) is 0 Å². The molecule has 0 bridgehead atoms. The number of Topliss-reactive ketones (excluding diaryl/α,β-unsaturated/α-hetero) is 1. The van der Waals surface area contributed by atoms with Crippen LogP contribution in [0.2, 0.25) is 0 Å². The lowest BCUT2D eigenvalue weighted by Crippen LogP contribution is -1.98. The number of ether oxygens (including phenoxy) is 1. The molecule has 2 rings (SSSR count). The summed E-state index contributed by atoms with van der Waals surface area (Å²) in [6.07, 6.45) is 1.58. The van der Waals surface area contributed by atoms with E-state index in [2.05, 4.69) is 15.9 Å². The maximum absolute atomic E-state index is 11.4. The molecule has 0 saturated carbocycles. The van der Waals surface area contributed by atoms with Gasteiger partial charge in [-0.15, -0.1) is 0 Å². The van der Waals surface area contributed by atoms with Crippen molar-refractivity contribution in [3.63, 3.8) is 0 Å². The third kappa shape index (κ3) is 1.55. The summed E-state index contributed by atoms with van der Waals surface area (Å²) < 4.78 is 11.2. The molecular formula is C11H9BrO3. The minimum Gasteiger partial charge on any atom is -0.495 e. The molecule has 15 heavy (non-hydrogen) atoms. The first kappa shape index (κ1) is 10.2. The van der Waals surface area contributed by atoms with Gasteiger partial charge < -0.3 is 9.15 Å². The lowest BCUT2D eigenvalue weighted by molar-refractivity contribution is 0.101. The van der Waals surface area contributed by atoms with Crippen LogP contribution in [0.1, 0.15) is 17.3 Å².